The van der Waals surface area contributed by atoms with Crippen LogP contribution in [0.3, 0.4) is 0 Å². The minimum absolute atomic E-state index is 0.334. The lowest BCUT2D eigenvalue weighted by molar-refractivity contribution is 0.240. The van der Waals surface area contributed by atoms with Crippen LogP contribution in [0.2, 0.25) is 0 Å². The van der Waals surface area contributed by atoms with E-state index in [1.807, 2.05) is 11.5 Å². The van der Waals surface area contributed by atoms with Gasteiger partial charge in [0, 0.05) is 6.07 Å². The highest BCUT2D eigenvalue weighted by Gasteiger charge is 1.99. The Kier molecular flexibility index (Phi) is 3.72. The summed E-state index contributed by atoms with van der Waals surface area (Å²) in [6.07, 6.45) is 4.28. The summed E-state index contributed by atoms with van der Waals surface area (Å²) in [7, 11) is 0. The van der Waals surface area contributed by atoms with Gasteiger partial charge in [0.15, 0.2) is 0 Å². The Morgan fingerprint density at radius 2 is 2.41 bits per heavy atom. The number of furan rings is 1. The van der Waals surface area contributed by atoms with E-state index in [0.29, 0.717) is 18.2 Å². The third-order valence-electron chi connectivity index (χ3n) is 1.93. The molecule has 17 heavy (non-hydrogen) atoms. The van der Waals surface area contributed by atoms with Crippen molar-refractivity contribution >= 4 is 12.0 Å². The largest absolute Gasteiger partial charge is 0.469 e. The summed E-state index contributed by atoms with van der Waals surface area (Å²) in [6.45, 7) is 0.334. The highest BCUT2D eigenvalue weighted by molar-refractivity contribution is 5.59. The van der Waals surface area contributed by atoms with Gasteiger partial charge in [0.1, 0.15) is 18.7 Å². The van der Waals surface area contributed by atoms with Gasteiger partial charge in [-0.15, -0.1) is 0 Å². The zero-order valence-electron chi connectivity index (χ0n) is 8.91. The van der Waals surface area contributed by atoms with Crippen LogP contribution in [0.4, 0.5) is 5.69 Å². The molecule has 0 saturated carbocycles. The van der Waals surface area contributed by atoms with E-state index >= 15 is 0 Å². The van der Waals surface area contributed by atoms with Crippen LogP contribution in [-0.2, 0) is 6.61 Å². The van der Waals surface area contributed by atoms with Gasteiger partial charge in [-0.3, -0.25) is 10.7 Å². The molecule has 2 N–H and O–H groups in total. The van der Waals surface area contributed by atoms with E-state index in [4.69, 9.17) is 14.4 Å². The first kappa shape index (κ1) is 11.2. The summed E-state index contributed by atoms with van der Waals surface area (Å²) in [4.78, 5) is 7.90. The quantitative estimate of drug-likeness (QED) is 0.468. The number of nitrogens with zero attached hydrogens (tertiary/aromatic N) is 2. The summed E-state index contributed by atoms with van der Waals surface area (Å²) in [5.74, 6) is 1.22. The number of hydrogen-bond donors (Lipinski definition) is 2. The number of ether oxygens (including phenoxy) is 1. The molecule has 6 heteroatoms. The van der Waals surface area contributed by atoms with Gasteiger partial charge in [-0.2, -0.15) is 0 Å². The second kappa shape index (κ2) is 5.66. The van der Waals surface area contributed by atoms with Crippen LogP contribution in [0.15, 0.2) is 46.1 Å². The maximum atomic E-state index is 8.32. The van der Waals surface area contributed by atoms with Crippen LogP contribution in [0.5, 0.6) is 5.88 Å². The molecule has 0 spiro atoms. The van der Waals surface area contributed by atoms with E-state index in [2.05, 4.69) is 9.98 Å². The number of pyridine rings is 1. The van der Waals surface area contributed by atoms with Crippen LogP contribution < -0.4 is 10.2 Å². The average Bonchev–Trinajstić information content (AvgIpc) is 2.88. The van der Waals surface area contributed by atoms with Crippen molar-refractivity contribution in [3.8, 4) is 5.88 Å². The molecule has 0 bridgehead atoms. The highest BCUT2D eigenvalue weighted by Crippen LogP contribution is 2.15. The Hall–Kier alpha value is -2.34. The number of aromatic nitrogens is 1. The van der Waals surface area contributed by atoms with Gasteiger partial charge < -0.3 is 9.15 Å². The Balaban J connectivity index is 1.91. The van der Waals surface area contributed by atoms with Crippen LogP contribution in [0, 0.1) is 0 Å². The Morgan fingerprint density at radius 1 is 1.47 bits per heavy atom. The van der Waals surface area contributed by atoms with Gasteiger partial charge in [-0.25, -0.2) is 9.98 Å². The third-order valence-corrected chi connectivity index (χ3v) is 1.93. The molecule has 2 heterocycles. The van der Waals surface area contributed by atoms with Crippen molar-refractivity contribution in [2.75, 3.05) is 0 Å². The molecule has 0 aromatic carbocycles. The van der Waals surface area contributed by atoms with Crippen molar-refractivity contribution in [3.63, 3.8) is 0 Å². The fraction of sp³-hybridized carbons (Fsp3) is 0.0909. The number of nitrogens with one attached hydrogen (secondary N) is 1. The molecule has 0 fully saturated rings. The molecule has 0 saturated heterocycles. The number of aliphatic imine (C=N–C) groups is 1. The molecule has 88 valence electrons. The van der Waals surface area contributed by atoms with Gasteiger partial charge in [0.05, 0.1) is 18.1 Å². The first-order chi connectivity index (χ1) is 8.38. The van der Waals surface area contributed by atoms with Crippen molar-refractivity contribution in [3.05, 3.63) is 42.5 Å². The second-order valence-electron chi connectivity index (χ2n) is 3.11. The zero-order chi connectivity index (χ0) is 11.9. The fourth-order valence-electron chi connectivity index (χ4n) is 1.18. The summed E-state index contributed by atoms with van der Waals surface area (Å²) >= 11 is 0. The lowest BCUT2D eigenvalue weighted by Crippen LogP contribution is -2.01. The molecule has 6 nitrogen and oxygen atoms in total. The maximum absolute atomic E-state index is 8.32. The van der Waals surface area contributed by atoms with E-state index in [1.165, 1.54) is 6.20 Å². The zero-order valence-corrected chi connectivity index (χ0v) is 8.91. The molecule has 2 aromatic rings. The van der Waals surface area contributed by atoms with Crippen molar-refractivity contribution in [1.82, 2.24) is 10.5 Å². The lowest BCUT2D eigenvalue weighted by atomic mass is 10.4. The van der Waals surface area contributed by atoms with Gasteiger partial charge >= 0.3 is 0 Å². The minimum atomic E-state index is 0.334. The van der Waals surface area contributed by atoms with Crippen LogP contribution in [0.25, 0.3) is 0 Å². The molecule has 0 amide bonds. The van der Waals surface area contributed by atoms with Crippen LogP contribution in [0.1, 0.15) is 5.76 Å². The van der Waals surface area contributed by atoms with Crippen LogP contribution in [-0.4, -0.2) is 16.5 Å². The smallest absolute Gasteiger partial charge is 0.213 e. The molecule has 0 aliphatic rings. The van der Waals surface area contributed by atoms with Gasteiger partial charge in [0.25, 0.3) is 0 Å². The van der Waals surface area contributed by atoms with Gasteiger partial charge in [-0.1, -0.05) is 0 Å². The number of rotatable bonds is 5. The van der Waals surface area contributed by atoms with E-state index in [1.54, 1.807) is 24.5 Å². The summed E-state index contributed by atoms with van der Waals surface area (Å²) in [6, 6.07) is 7.03. The normalized spacial score (nSPS) is 10.6. The standard InChI is InChI=1S/C11H11N3O3/c15-14-8-13-9-3-4-11(12-6-9)17-7-10-2-1-5-16-10/h1-6,8,15H,7H2,(H,13,14). The molecule has 0 unspecified atom stereocenters. The molecular weight excluding hydrogens is 222 g/mol. The van der Waals surface area contributed by atoms with E-state index in [9.17, 15) is 0 Å². The first-order valence-corrected chi connectivity index (χ1v) is 4.92. The van der Waals surface area contributed by atoms with Gasteiger partial charge in [-0.05, 0) is 18.2 Å². The van der Waals surface area contributed by atoms with Crippen LogP contribution >= 0.6 is 0 Å². The fourth-order valence-corrected chi connectivity index (χ4v) is 1.18. The molecule has 0 radical (unpaired) electrons. The topological polar surface area (TPSA) is 79.9 Å². The summed E-state index contributed by atoms with van der Waals surface area (Å²) < 4.78 is 10.5. The van der Waals surface area contributed by atoms with E-state index in [0.717, 1.165) is 12.1 Å². The Labute approximate surface area is 97.5 Å². The maximum Gasteiger partial charge on any atom is 0.213 e. The Morgan fingerprint density at radius 3 is 3.06 bits per heavy atom. The first-order valence-electron chi connectivity index (χ1n) is 4.92. The molecule has 0 aliphatic heterocycles. The molecule has 2 aromatic heterocycles. The highest BCUT2D eigenvalue weighted by atomic mass is 16.5. The lowest BCUT2D eigenvalue weighted by Gasteiger charge is -2.02. The molecular formula is C11H11N3O3. The Bertz CT molecular complexity index is 465. The van der Waals surface area contributed by atoms with Crippen molar-refractivity contribution in [2.45, 2.75) is 6.61 Å². The minimum Gasteiger partial charge on any atom is -0.469 e. The monoisotopic (exact) mass is 233 g/mol. The van der Waals surface area contributed by atoms with Crippen molar-refractivity contribution in [1.29, 1.82) is 0 Å². The molecule has 0 atom stereocenters. The predicted octanol–water partition coefficient (Wildman–Crippen LogP) is 1.89. The molecule has 0 aliphatic carbocycles. The third kappa shape index (κ3) is 3.32. The van der Waals surface area contributed by atoms with Crippen molar-refractivity contribution < 1.29 is 14.4 Å². The second-order valence-corrected chi connectivity index (χ2v) is 3.11. The number of hydrogen-bond acceptors (Lipinski definition) is 5. The number of hydroxylamine groups is 1. The van der Waals surface area contributed by atoms with E-state index < -0.39 is 0 Å². The van der Waals surface area contributed by atoms with Gasteiger partial charge in [0.2, 0.25) is 5.88 Å². The SMILES string of the molecule is ONC=Nc1ccc(OCc2ccco2)nc1. The molecule has 2 rings (SSSR count). The van der Waals surface area contributed by atoms with Crippen molar-refractivity contribution in [2.24, 2.45) is 4.99 Å². The predicted molar refractivity (Wildman–Crippen MR) is 60.4 cm³/mol. The van der Waals surface area contributed by atoms with E-state index in [-0.39, 0.29) is 0 Å². The summed E-state index contributed by atoms with van der Waals surface area (Å²) in [5.41, 5.74) is 2.42. The summed E-state index contributed by atoms with van der Waals surface area (Å²) in [5, 5.41) is 8.32. The average molecular weight is 233 g/mol.